The first kappa shape index (κ1) is 18.8. The number of benzene rings is 3. The molecule has 0 aliphatic carbocycles. The van der Waals surface area contributed by atoms with Crippen LogP contribution in [-0.2, 0) is 13.1 Å². The molecule has 0 radical (unpaired) electrons. The normalized spacial score (nSPS) is 11.5. The molecule has 29 heavy (non-hydrogen) atoms. The molecule has 7 heteroatoms. The largest absolute Gasteiger partial charge is 0.411 e. The van der Waals surface area contributed by atoms with E-state index in [2.05, 4.69) is 15.5 Å². The van der Waals surface area contributed by atoms with Gasteiger partial charge in [-0.25, -0.2) is 13.8 Å². The molecule has 1 aromatic heterocycles. The van der Waals surface area contributed by atoms with Crippen LogP contribution >= 0.6 is 0 Å². The summed E-state index contributed by atoms with van der Waals surface area (Å²) in [6.45, 7) is 1.02. The van der Waals surface area contributed by atoms with Gasteiger partial charge < -0.3 is 10.5 Å². The Morgan fingerprint density at radius 1 is 0.966 bits per heavy atom. The molecule has 0 saturated heterocycles. The summed E-state index contributed by atoms with van der Waals surface area (Å²) in [7, 11) is 0. The fourth-order valence-electron chi connectivity index (χ4n) is 3.20. The first-order valence-electron chi connectivity index (χ1n) is 9.02. The van der Waals surface area contributed by atoms with E-state index in [0.29, 0.717) is 18.7 Å². The minimum atomic E-state index is -0.843. The highest BCUT2D eigenvalue weighted by Gasteiger charge is 2.07. The number of nitrogens with zero attached hydrogens (tertiary/aromatic N) is 3. The van der Waals surface area contributed by atoms with Gasteiger partial charge in [-0.3, -0.25) is 4.57 Å². The van der Waals surface area contributed by atoms with E-state index in [9.17, 15) is 8.78 Å². The highest BCUT2D eigenvalue weighted by molar-refractivity contribution is 5.87. The Bertz CT molecular complexity index is 1190. The van der Waals surface area contributed by atoms with Crippen molar-refractivity contribution in [3.05, 3.63) is 95.3 Å². The molecule has 0 unspecified atom stereocenters. The lowest BCUT2D eigenvalue weighted by molar-refractivity contribution is 0.322. The number of nitrogens with one attached hydrogen (secondary N) is 1. The maximum Gasteiger partial charge on any atom is 0.159 e. The summed E-state index contributed by atoms with van der Waals surface area (Å²) < 4.78 is 28.3. The van der Waals surface area contributed by atoms with Crippen LogP contribution in [0.25, 0.3) is 16.7 Å². The number of hydrogen-bond donors (Lipinski definition) is 2. The lowest BCUT2D eigenvalue weighted by Crippen LogP contribution is -2.13. The minimum absolute atomic E-state index is 0.435. The second-order valence-corrected chi connectivity index (χ2v) is 6.63. The molecule has 4 aromatic rings. The van der Waals surface area contributed by atoms with E-state index in [1.165, 1.54) is 12.3 Å². The molecular weight excluding hydrogens is 374 g/mol. The molecule has 3 aromatic carbocycles. The second kappa shape index (κ2) is 8.20. The molecule has 0 saturated carbocycles. The smallest absolute Gasteiger partial charge is 0.159 e. The zero-order chi connectivity index (χ0) is 20.2. The van der Waals surface area contributed by atoms with Crippen molar-refractivity contribution < 1.29 is 14.0 Å². The molecule has 0 amide bonds. The minimum Gasteiger partial charge on any atom is -0.411 e. The van der Waals surface area contributed by atoms with Crippen LogP contribution in [0.4, 0.5) is 8.78 Å². The third kappa shape index (κ3) is 4.14. The van der Waals surface area contributed by atoms with E-state index >= 15 is 0 Å². The van der Waals surface area contributed by atoms with Crippen LogP contribution in [0, 0.1) is 11.6 Å². The van der Waals surface area contributed by atoms with Crippen molar-refractivity contribution in [2.45, 2.75) is 13.1 Å². The van der Waals surface area contributed by atoms with Crippen molar-refractivity contribution in [3.63, 3.8) is 0 Å². The highest BCUT2D eigenvalue weighted by atomic mass is 19.2. The van der Waals surface area contributed by atoms with Gasteiger partial charge in [-0.1, -0.05) is 29.4 Å². The summed E-state index contributed by atoms with van der Waals surface area (Å²) >= 11 is 0. The lowest BCUT2D eigenvalue weighted by Gasteiger charge is -2.09. The Balaban J connectivity index is 1.50. The maximum absolute atomic E-state index is 13.3. The van der Waals surface area contributed by atoms with Gasteiger partial charge in [-0.15, -0.1) is 0 Å². The second-order valence-electron chi connectivity index (χ2n) is 6.63. The monoisotopic (exact) mass is 392 g/mol. The van der Waals surface area contributed by atoms with Crippen LogP contribution in [0.3, 0.4) is 0 Å². The molecule has 4 rings (SSSR count). The SMILES string of the molecule is ON=Cc1ccc2c(c1)ncn2-c1cccc(CNCc2ccc(F)c(F)c2)c1. The summed E-state index contributed by atoms with van der Waals surface area (Å²) in [5.41, 5.74) is 5.19. The first-order chi connectivity index (χ1) is 14.1. The predicted octanol–water partition coefficient (Wildman–Crippen LogP) is 4.40. The summed E-state index contributed by atoms with van der Waals surface area (Å²) in [4.78, 5) is 4.42. The first-order valence-corrected chi connectivity index (χ1v) is 9.02. The van der Waals surface area contributed by atoms with Gasteiger partial charge in [0.05, 0.1) is 17.2 Å². The Morgan fingerprint density at radius 2 is 1.79 bits per heavy atom. The zero-order valence-electron chi connectivity index (χ0n) is 15.4. The molecule has 0 bridgehead atoms. The zero-order valence-corrected chi connectivity index (χ0v) is 15.4. The average molecular weight is 392 g/mol. The Morgan fingerprint density at radius 3 is 2.59 bits per heavy atom. The molecule has 0 atom stereocenters. The van der Waals surface area contributed by atoms with Gasteiger partial charge in [0.2, 0.25) is 0 Å². The van der Waals surface area contributed by atoms with Crippen LogP contribution in [0.1, 0.15) is 16.7 Å². The number of halogens is 2. The van der Waals surface area contributed by atoms with Crippen LogP contribution in [-0.4, -0.2) is 21.0 Å². The van der Waals surface area contributed by atoms with E-state index in [0.717, 1.165) is 33.9 Å². The van der Waals surface area contributed by atoms with E-state index in [-0.39, 0.29) is 0 Å². The Labute approximate surface area is 165 Å². The third-order valence-electron chi connectivity index (χ3n) is 4.61. The fraction of sp³-hybridized carbons (Fsp3) is 0.0909. The summed E-state index contributed by atoms with van der Waals surface area (Å²) in [5, 5.41) is 15.0. The van der Waals surface area contributed by atoms with Crippen molar-refractivity contribution >= 4 is 17.2 Å². The van der Waals surface area contributed by atoms with Crippen LogP contribution in [0.5, 0.6) is 0 Å². The van der Waals surface area contributed by atoms with Crippen molar-refractivity contribution in [2.75, 3.05) is 0 Å². The maximum atomic E-state index is 13.3. The molecule has 0 aliphatic heterocycles. The standard InChI is InChI=1S/C22H18F2N4O/c23-19-6-4-16(9-20(19)24)12-25-11-15-2-1-3-18(8-15)28-14-26-21-10-17(13-27-29)5-7-22(21)28/h1-10,13-14,25,29H,11-12H2. The molecule has 2 N–H and O–H groups in total. The van der Waals surface area contributed by atoms with E-state index in [1.807, 2.05) is 47.0 Å². The van der Waals surface area contributed by atoms with Crippen LogP contribution < -0.4 is 5.32 Å². The molecule has 1 heterocycles. The number of aromatic nitrogens is 2. The predicted molar refractivity (Wildman–Crippen MR) is 107 cm³/mol. The molecular formula is C22H18F2N4O. The molecule has 146 valence electrons. The van der Waals surface area contributed by atoms with Crippen molar-refractivity contribution in [2.24, 2.45) is 5.16 Å². The molecule has 0 spiro atoms. The van der Waals surface area contributed by atoms with Gasteiger partial charge in [0, 0.05) is 18.8 Å². The van der Waals surface area contributed by atoms with Gasteiger partial charge in [-0.05, 0) is 53.1 Å². The topological polar surface area (TPSA) is 62.4 Å². The average Bonchev–Trinajstić information content (AvgIpc) is 3.14. The van der Waals surface area contributed by atoms with Crippen molar-refractivity contribution in [3.8, 4) is 5.69 Å². The van der Waals surface area contributed by atoms with Crippen LogP contribution in [0.15, 0.2) is 72.1 Å². The van der Waals surface area contributed by atoms with Crippen molar-refractivity contribution in [1.82, 2.24) is 14.9 Å². The number of fused-ring (bicyclic) bond motifs is 1. The quantitative estimate of drug-likeness (QED) is 0.290. The summed E-state index contributed by atoms with van der Waals surface area (Å²) in [6.07, 6.45) is 3.11. The summed E-state index contributed by atoms with van der Waals surface area (Å²) in [6, 6.07) is 17.5. The fourth-order valence-corrected chi connectivity index (χ4v) is 3.20. The Hall–Kier alpha value is -3.58. The van der Waals surface area contributed by atoms with E-state index in [1.54, 1.807) is 12.4 Å². The van der Waals surface area contributed by atoms with Gasteiger partial charge in [-0.2, -0.15) is 0 Å². The third-order valence-corrected chi connectivity index (χ3v) is 4.61. The van der Waals surface area contributed by atoms with Gasteiger partial charge in [0.1, 0.15) is 6.33 Å². The van der Waals surface area contributed by atoms with E-state index in [4.69, 9.17) is 5.21 Å². The Kier molecular flexibility index (Phi) is 5.31. The van der Waals surface area contributed by atoms with E-state index < -0.39 is 11.6 Å². The highest BCUT2D eigenvalue weighted by Crippen LogP contribution is 2.20. The van der Waals surface area contributed by atoms with Gasteiger partial charge in [0.15, 0.2) is 11.6 Å². The number of oxime groups is 1. The van der Waals surface area contributed by atoms with Crippen molar-refractivity contribution in [1.29, 1.82) is 0 Å². The van der Waals surface area contributed by atoms with Gasteiger partial charge >= 0.3 is 0 Å². The number of hydrogen-bond acceptors (Lipinski definition) is 4. The lowest BCUT2D eigenvalue weighted by atomic mass is 10.1. The van der Waals surface area contributed by atoms with Crippen LogP contribution in [0.2, 0.25) is 0 Å². The summed E-state index contributed by atoms with van der Waals surface area (Å²) in [5.74, 6) is -1.68. The molecule has 0 fully saturated rings. The molecule has 5 nitrogen and oxygen atoms in total. The molecule has 0 aliphatic rings. The number of imidazole rings is 1. The van der Waals surface area contributed by atoms with Gasteiger partial charge in [0.25, 0.3) is 0 Å². The number of rotatable bonds is 6.